The lowest BCUT2D eigenvalue weighted by molar-refractivity contribution is 0.0521. The van der Waals surface area contributed by atoms with E-state index in [0.717, 1.165) is 0 Å². The maximum Gasteiger partial charge on any atom is 0.341 e. The number of hydrogen-bond acceptors (Lipinski definition) is 6. The number of anilines is 1. The Hall–Kier alpha value is -2.37. The summed E-state index contributed by atoms with van der Waals surface area (Å²) in [6.07, 6.45) is 0. The van der Waals surface area contributed by atoms with Gasteiger partial charge in [0.2, 0.25) is 10.0 Å². The summed E-state index contributed by atoms with van der Waals surface area (Å²) in [6.45, 7) is 4.93. The Morgan fingerprint density at radius 2 is 1.67 bits per heavy atom. The Labute approximate surface area is 158 Å². The van der Waals surface area contributed by atoms with Gasteiger partial charge in [0.25, 0.3) is 10.0 Å². The summed E-state index contributed by atoms with van der Waals surface area (Å²) in [7, 11) is -6.38. The minimum Gasteiger partial charge on any atom is -0.462 e. The Balaban J connectivity index is 2.51. The minimum absolute atomic E-state index is 0.0366. The van der Waals surface area contributed by atoms with Crippen molar-refractivity contribution in [2.45, 2.75) is 30.6 Å². The lowest BCUT2D eigenvalue weighted by Crippen LogP contribution is -2.18. The van der Waals surface area contributed by atoms with Gasteiger partial charge in [0.05, 0.1) is 11.5 Å². The second-order valence-corrected chi connectivity index (χ2v) is 9.01. The first-order chi connectivity index (χ1) is 12.4. The SMILES string of the molecule is CCOC(=O)c1c(S(=O)(=O)Nc2ccc(S(N)(=O)=O)cc2)c(C)n(C)c1C. The van der Waals surface area contributed by atoms with E-state index in [2.05, 4.69) is 4.72 Å². The number of nitrogens with two attached hydrogens (primary N) is 1. The monoisotopic (exact) mass is 415 g/mol. The van der Waals surface area contributed by atoms with Crippen LogP contribution in [0.4, 0.5) is 5.69 Å². The van der Waals surface area contributed by atoms with Gasteiger partial charge in [0.1, 0.15) is 10.5 Å². The van der Waals surface area contributed by atoms with Gasteiger partial charge in [-0.25, -0.2) is 26.8 Å². The van der Waals surface area contributed by atoms with E-state index in [1.54, 1.807) is 32.4 Å². The van der Waals surface area contributed by atoms with Gasteiger partial charge in [0.15, 0.2) is 0 Å². The highest BCUT2D eigenvalue weighted by Gasteiger charge is 2.31. The number of ether oxygens (including phenoxy) is 1. The van der Waals surface area contributed by atoms with Crippen LogP contribution in [0.3, 0.4) is 0 Å². The molecule has 1 aromatic carbocycles. The van der Waals surface area contributed by atoms with Gasteiger partial charge in [0, 0.05) is 24.1 Å². The first-order valence-corrected chi connectivity index (χ1v) is 10.9. The molecule has 1 heterocycles. The third-order valence-electron chi connectivity index (χ3n) is 4.11. The number of aromatic nitrogens is 1. The van der Waals surface area contributed by atoms with E-state index in [1.807, 2.05) is 0 Å². The van der Waals surface area contributed by atoms with Crippen molar-refractivity contribution in [3.05, 3.63) is 41.2 Å². The Bertz CT molecular complexity index is 1080. The molecule has 0 fully saturated rings. The topological polar surface area (TPSA) is 138 Å². The predicted octanol–water partition coefficient (Wildman–Crippen LogP) is 1.27. The zero-order valence-corrected chi connectivity index (χ0v) is 16.9. The zero-order valence-electron chi connectivity index (χ0n) is 15.3. The highest BCUT2D eigenvalue weighted by Crippen LogP contribution is 2.29. The molecule has 2 rings (SSSR count). The van der Waals surface area contributed by atoms with Gasteiger partial charge in [-0.2, -0.15) is 0 Å². The third kappa shape index (κ3) is 4.15. The number of sulfonamides is 2. The van der Waals surface area contributed by atoms with Gasteiger partial charge in [-0.3, -0.25) is 4.72 Å². The molecule has 0 amide bonds. The fourth-order valence-corrected chi connectivity index (χ4v) is 4.70. The van der Waals surface area contributed by atoms with Crippen LogP contribution in [0.5, 0.6) is 0 Å². The summed E-state index contributed by atoms with van der Waals surface area (Å²) < 4.78 is 57.4. The average Bonchev–Trinajstić information content (AvgIpc) is 2.79. The molecule has 0 atom stereocenters. The normalized spacial score (nSPS) is 12.0. The molecule has 148 valence electrons. The van der Waals surface area contributed by atoms with E-state index in [1.165, 1.54) is 24.3 Å². The molecule has 0 aliphatic rings. The van der Waals surface area contributed by atoms with E-state index < -0.39 is 26.0 Å². The maximum atomic E-state index is 12.9. The predicted molar refractivity (Wildman–Crippen MR) is 99.5 cm³/mol. The Kier molecular flexibility index (Phi) is 5.68. The zero-order chi connectivity index (χ0) is 20.6. The molecule has 0 unspecified atom stereocenters. The van der Waals surface area contributed by atoms with Crippen LogP contribution in [0.2, 0.25) is 0 Å². The molecule has 27 heavy (non-hydrogen) atoms. The second-order valence-electron chi connectivity index (χ2n) is 5.83. The van der Waals surface area contributed by atoms with Crippen molar-refractivity contribution in [2.24, 2.45) is 12.2 Å². The van der Waals surface area contributed by atoms with E-state index >= 15 is 0 Å². The van der Waals surface area contributed by atoms with E-state index in [0.29, 0.717) is 11.4 Å². The van der Waals surface area contributed by atoms with Crippen LogP contribution in [0, 0.1) is 13.8 Å². The molecule has 0 radical (unpaired) electrons. The first kappa shape index (κ1) is 20.9. The number of primary sulfonamides is 1. The van der Waals surface area contributed by atoms with Crippen LogP contribution < -0.4 is 9.86 Å². The van der Waals surface area contributed by atoms with Crippen molar-refractivity contribution >= 4 is 31.7 Å². The van der Waals surface area contributed by atoms with Crippen molar-refractivity contribution in [3.8, 4) is 0 Å². The van der Waals surface area contributed by atoms with Crippen LogP contribution in [-0.4, -0.2) is 34.0 Å². The van der Waals surface area contributed by atoms with Crippen LogP contribution >= 0.6 is 0 Å². The van der Waals surface area contributed by atoms with E-state index in [9.17, 15) is 21.6 Å². The summed E-state index contributed by atoms with van der Waals surface area (Å²) in [4.78, 5) is 12.0. The Morgan fingerprint density at radius 3 is 2.15 bits per heavy atom. The summed E-state index contributed by atoms with van der Waals surface area (Å²) in [5.74, 6) is -0.733. The molecule has 3 N–H and O–H groups in total. The average molecular weight is 415 g/mol. The summed E-state index contributed by atoms with van der Waals surface area (Å²) >= 11 is 0. The van der Waals surface area contributed by atoms with Crippen LogP contribution in [-0.2, 0) is 31.8 Å². The molecule has 0 saturated heterocycles. The molecule has 0 saturated carbocycles. The van der Waals surface area contributed by atoms with Crippen molar-refractivity contribution in [2.75, 3.05) is 11.3 Å². The van der Waals surface area contributed by atoms with E-state index in [-0.39, 0.29) is 27.6 Å². The van der Waals surface area contributed by atoms with Crippen molar-refractivity contribution in [3.63, 3.8) is 0 Å². The number of hydrogen-bond donors (Lipinski definition) is 2. The molecule has 0 aliphatic carbocycles. The third-order valence-corrected chi connectivity index (χ3v) is 6.58. The van der Waals surface area contributed by atoms with Crippen molar-refractivity contribution in [1.82, 2.24) is 4.57 Å². The van der Waals surface area contributed by atoms with Crippen LogP contribution in [0.15, 0.2) is 34.1 Å². The van der Waals surface area contributed by atoms with Gasteiger partial charge in [-0.15, -0.1) is 0 Å². The van der Waals surface area contributed by atoms with Crippen LogP contribution in [0.1, 0.15) is 28.7 Å². The lowest BCUT2D eigenvalue weighted by atomic mass is 10.2. The number of nitrogens with zero attached hydrogens (tertiary/aromatic N) is 1. The van der Waals surface area contributed by atoms with Gasteiger partial charge >= 0.3 is 5.97 Å². The summed E-state index contributed by atoms with van der Waals surface area (Å²) in [5.41, 5.74) is 0.906. The molecule has 2 aromatic rings. The maximum absolute atomic E-state index is 12.9. The van der Waals surface area contributed by atoms with Crippen molar-refractivity contribution < 1.29 is 26.4 Å². The number of nitrogens with one attached hydrogen (secondary N) is 1. The molecular weight excluding hydrogens is 394 g/mol. The fourth-order valence-electron chi connectivity index (χ4n) is 2.61. The highest BCUT2D eigenvalue weighted by molar-refractivity contribution is 7.92. The number of esters is 1. The standard InChI is InChI=1S/C16H21N3O6S2/c1-5-25-16(20)14-10(2)19(4)11(3)15(14)27(23,24)18-12-6-8-13(9-7-12)26(17,21)22/h6-9,18H,5H2,1-4H3,(H2,17,21,22). The quantitative estimate of drug-likeness (QED) is 0.682. The van der Waals surface area contributed by atoms with Crippen LogP contribution in [0.25, 0.3) is 0 Å². The van der Waals surface area contributed by atoms with Crippen molar-refractivity contribution in [1.29, 1.82) is 0 Å². The van der Waals surface area contributed by atoms with E-state index in [4.69, 9.17) is 9.88 Å². The van der Waals surface area contributed by atoms with Gasteiger partial charge < -0.3 is 9.30 Å². The molecule has 9 nitrogen and oxygen atoms in total. The summed E-state index contributed by atoms with van der Waals surface area (Å²) in [5, 5.41) is 5.03. The molecule has 0 aliphatic heterocycles. The number of carbonyl (C=O) groups is 1. The van der Waals surface area contributed by atoms with Gasteiger partial charge in [-0.1, -0.05) is 0 Å². The fraction of sp³-hybridized carbons (Fsp3) is 0.312. The number of benzene rings is 1. The van der Waals surface area contributed by atoms with Gasteiger partial charge in [-0.05, 0) is 45.0 Å². The molecular formula is C16H21N3O6S2. The highest BCUT2D eigenvalue weighted by atomic mass is 32.2. The largest absolute Gasteiger partial charge is 0.462 e. The smallest absolute Gasteiger partial charge is 0.341 e. The number of carbonyl (C=O) groups excluding carboxylic acids is 1. The number of rotatable bonds is 6. The molecule has 0 spiro atoms. The first-order valence-electron chi connectivity index (χ1n) is 7.88. The summed E-state index contributed by atoms with van der Waals surface area (Å²) in [6, 6.07) is 4.91. The molecule has 1 aromatic heterocycles. The Morgan fingerprint density at radius 1 is 1.11 bits per heavy atom. The minimum atomic E-state index is -4.14. The lowest BCUT2D eigenvalue weighted by Gasteiger charge is -2.11. The molecule has 0 bridgehead atoms. The molecule has 11 heteroatoms. The second kappa shape index (κ2) is 7.33.